The Balaban J connectivity index is 1.15. The SMILES string of the molecule is CC(C)CCC[C@@H](C)[C@H]1CC[C@H]2[C@@H]3CCC4=C[C@@H](OC(=O)N5CCOCCOCCOCCOCCOCC5)CC[C@]4(C)[C@H]3CC[C@]12C. The van der Waals surface area contributed by atoms with Crippen LogP contribution in [0, 0.1) is 46.3 Å². The summed E-state index contributed by atoms with van der Waals surface area (Å²) in [4.78, 5) is 15.2. The number of carbonyl (C=O) groups is 1. The van der Waals surface area contributed by atoms with E-state index in [0.717, 1.165) is 54.8 Å². The van der Waals surface area contributed by atoms with Crippen molar-refractivity contribution < 1.29 is 33.2 Å². The van der Waals surface area contributed by atoms with Crippen molar-refractivity contribution >= 4 is 6.09 Å². The highest BCUT2D eigenvalue weighted by Gasteiger charge is 2.59. The van der Waals surface area contributed by atoms with Crippen LogP contribution in [0.5, 0.6) is 0 Å². The summed E-state index contributed by atoms with van der Waals surface area (Å²) in [6.07, 6.45) is 16.2. The second-order valence-electron chi connectivity index (χ2n) is 16.6. The van der Waals surface area contributed by atoms with Crippen molar-refractivity contribution in [3.05, 3.63) is 11.6 Å². The molecule has 0 aromatic heterocycles. The highest BCUT2D eigenvalue weighted by molar-refractivity contribution is 5.68. The molecule has 1 amide bonds. The third-order valence-electron chi connectivity index (χ3n) is 13.3. The molecule has 0 spiro atoms. The van der Waals surface area contributed by atoms with Crippen LogP contribution in [0.2, 0.25) is 0 Å². The molecule has 0 N–H and O–H groups in total. The predicted octanol–water partition coefficient (Wildman–Crippen LogP) is 7.93. The predicted molar refractivity (Wildman–Crippen MR) is 189 cm³/mol. The molecule has 0 aromatic rings. The molecule has 5 rings (SSSR count). The zero-order chi connectivity index (χ0) is 34.0. The summed E-state index contributed by atoms with van der Waals surface area (Å²) in [5, 5.41) is 0. The van der Waals surface area contributed by atoms with Gasteiger partial charge in [-0.3, -0.25) is 0 Å². The van der Waals surface area contributed by atoms with Crippen molar-refractivity contribution in [1.29, 1.82) is 0 Å². The molecule has 4 fully saturated rings. The molecule has 0 unspecified atom stereocenters. The number of fused-ring (bicyclic) bond motifs is 5. The molecule has 1 aliphatic heterocycles. The zero-order valence-electron chi connectivity index (χ0n) is 31.2. The Bertz CT molecular complexity index is 1000. The Kier molecular flexibility index (Phi) is 14.5. The minimum atomic E-state index is -0.270. The van der Waals surface area contributed by atoms with Crippen molar-refractivity contribution in [2.45, 2.75) is 111 Å². The van der Waals surface area contributed by atoms with Crippen molar-refractivity contribution in [2.24, 2.45) is 46.3 Å². The second-order valence-corrected chi connectivity index (χ2v) is 16.6. The van der Waals surface area contributed by atoms with Crippen LogP contribution < -0.4 is 0 Å². The maximum absolute atomic E-state index is 13.5. The molecule has 8 atom stereocenters. The molecule has 1 heterocycles. The topological polar surface area (TPSA) is 75.7 Å². The van der Waals surface area contributed by atoms with Crippen LogP contribution in [0.25, 0.3) is 0 Å². The smallest absolute Gasteiger partial charge is 0.410 e. The lowest BCUT2D eigenvalue weighted by Gasteiger charge is -2.59. The summed E-state index contributed by atoms with van der Waals surface area (Å²) in [5.41, 5.74) is 2.32. The van der Waals surface area contributed by atoms with Crippen molar-refractivity contribution in [3.8, 4) is 0 Å². The number of ether oxygens (including phenoxy) is 6. The molecular formula is C40H69NO7. The van der Waals surface area contributed by atoms with Gasteiger partial charge in [0.15, 0.2) is 0 Å². The Hall–Kier alpha value is -1.19. The standard InChI is InChI=1S/C40H69NO7/c1-30(2)7-6-8-31(3)35-11-12-36-34-10-9-32-29-33(13-15-39(32,4)37(34)14-16-40(35,36)5)48-38(42)41-17-19-43-21-23-45-25-27-47-28-26-46-24-22-44-20-18-41/h29-31,33-37H,6-28H2,1-5H3/t31-,33+,34+,35-,36+,37+,39+,40-/m1/s1. The summed E-state index contributed by atoms with van der Waals surface area (Å²) in [6, 6.07) is 0. The first-order valence-corrected chi connectivity index (χ1v) is 19.8. The number of amides is 1. The number of rotatable bonds is 6. The number of nitrogens with zero attached hydrogens (tertiary/aromatic N) is 1. The Morgan fingerprint density at radius 3 is 1.98 bits per heavy atom. The lowest BCUT2D eigenvalue weighted by Crippen LogP contribution is -2.51. The second kappa shape index (κ2) is 18.3. The fraction of sp³-hybridized carbons (Fsp3) is 0.925. The zero-order valence-corrected chi connectivity index (χ0v) is 31.2. The molecule has 5 aliphatic rings. The summed E-state index contributed by atoms with van der Waals surface area (Å²) in [5.74, 6) is 5.05. The van der Waals surface area contributed by atoms with Gasteiger partial charge in [0.25, 0.3) is 0 Å². The third kappa shape index (κ3) is 9.57. The van der Waals surface area contributed by atoms with E-state index in [0.29, 0.717) is 84.6 Å². The van der Waals surface area contributed by atoms with E-state index in [9.17, 15) is 4.79 Å². The highest BCUT2D eigenvalue weighted by Crippen LogP contribution is 2.67. The lowest BCUT2D eigenvalue weighted by atomic mass is 9.46. The maximum atomic E-state index is 13.5. The summed E-state index contributed by atoms with van der Waals surface area (Å²) >= 11 is 0. The van der Waals surface area contributed by atoms with Crippen molar-refractivity contribution in [2.75, 3.05) is 79.2 Å². The summed E-state index contributed by atoms with van der Waals surface area (Å²) < 4.78 is 34.4. The van der Waals surface area contributed by atoms with E-state index in [2.05, 4.69) is 40.7 Å². The van der Waals surface area contributed by atoms with Gasteiger partial charge in [0.05, 0.1) is 66.1 Å². The first-order valence-electron chi connectivity index (χ1n) is 19.8. The molecular weight excluding hydrogens is 606 g/mol. The lowest BCUT2D eigenvalue weighted by molar-refractivity contribution is -0.0637. The Labute approximate surface area is 292 Å². The van der Waals surface area contributed by atoms with Gasteiger partial charge in [-0.2, -0.15) is 0 Å². The van der Waals surface area contributed by atoms with Gasteiger partial charge in [-0.05, 0) is 104 Å². The van der Waals surface area contributed by atoms with E-state index in [1.54, 1.807) is 10.5 Å². The van der Waals surface area contributed by atoms with E-state index < -0.39 is 0 Å². The molecule has 8 heteroatoms. The number of carbonyl (C=O) groups excluding carboxylic acids is 1. The maximum Gasteiger partial charge on any atom is 0.410 e. The molecule has 0 radical (unpaired) electrons. The molecule has 0 bridgehead atoms. The van der Waals surface area contributed by atoms with Gasteiger partial charge in [0.2, 0.25) is 0 Å². The van der Waals surface area contributed by atoms with Gasteiger partial charge in [0, 0.05) is 13.1 Å². The number of allylic oxidation sites excluding steroid dienone is 1. The minimum absolute atomic E-state index is 0.160. The Morgan fingerprint density at radius 1 is 0.771 bits per heavy atom. The molecule has 4 aliphatic carbocycles. The van der Waals surface area contributed by atoms with Gasteiger partial charge in [-0.25, -0.2) is 4.79 Å². The monoisotopic (exact) mass is 676 g/mol. The van der Waals surface area contributed by atoms with Crippen molar-refractivity contribution in [1.82, 2.24) is 4.90 Å². The molecule has 48 heavy (non-hydrogen) atoms. The van der Waals surface area contributed by atoms with Crippen molar-refractivity contribution in [3.63, 3.8) is 0 Å². The molecule has 276 valence electrons. The Morgan fingerprint density at radius 2 is 1.38 bits per heavy atom. The van der Waals surface area contributed by atoms with Crippen LogP contribution in [0.1, 0.15) is 105 Å². The first kappa shape index (κ1) is 38.1. The summed E-state index contributed by atoms with van der Waals surface area (Å²) in [7, 11) is 0. The minimum Gasteiger partial charge on any atom is -0.442 e. The quantitative estimate of drug-likeness (QED) is 0.265. The fourth-order valence-corrected chi connectivity index (χ4v) is 10.6. The van der Waals surface area contributed by atoms with E-state index in [-0.39, 0.29) is 17.6 Å². The van der Waals surface area contributed by atoms with Gasteiger partial charge < -0.3 is 33.3 Å². The van der Waals surface area contributed by atoms with Gasteiger partial charge >= 0.3 is 6.09 Å². The van der Waals surface area contributed by atoms with Gasteiger partial charge in [-0.15, -0.1) is 0 Å². The fourth-order valence-electron chi connectivity index (χ4n) is 10.6. The van der Waals surface area contributed by atoms with Crippen LogP contribution in [0.15, 0.2) is 11.6 Å². The van der Waals surface area contributed by atoms with Gasteiger partial charge in [0.1, 0.15) is 6.10 Å². The highest BCUT2D eigenvalue weighted by atomic mass is 16.6. The number of hydrogen-bond acceptors (Lipinski definition) is 7. The van der Waals surface area contributed by atoms with Crippen LogP contribution in [0.3, 0.4) is 0 Å². The third-order valence-corrected chi connectivity index (χ3v) is 13.3. The van der Waals surface area contributed by atoms with Crippen LogP contribution in [-0.2, 0) is 28.4 Å². The number of hydrogen-bond donors (Lipinski definition) is 0. The molecule has 1 saturated heterocycles. The van der Waals surface area contributed by atoms with Crippen LogP contribution in [-0.4, -0.2) is 96.3 Å². The van der Waals surface area contributed by atoms with E-state index >= 15 is 0 Å². The summed E-state index contributed by atoms with van der Waals surface area (Å²) in [6.45, 7) is 18.4. The first-order chi connectivity index (χ1) is 23.2. The van der Waals surface area contributed by atoms with E-state index in [1.807, 2.05) is 0 Å². The normalized spacial score (nSPS) is 36.9. The largest absolute Gasteiger partial charge is 0.442 e. The van der Waals surface area contributed by atoms with E-state index in [4.69, 9.17) is 28.4 Å². The molecule has 3 saturated carbocycles. The average Bonchev–Trinajstić information content (AvgIpc) is 3.42. The van der Waals surface area contributed by atoms with Crippen LogP contribution >= 0.6 is 0 Å². The molecule has 0 aromatic carbocycles. The average molecular weight is 676 g/mol. The molecule has 8 nitrogen and oxygen atoms in total. The van der Waals surface area contributed by atoms with Crippen LogP contribution in [0.4, 0.5) is 4.79 Å². The van der Waals surface area contributed by atoms with E-state index in [1.165, 1.54) is 51.4 Å². The van der Waals surface area contributed by atoms with Gasteiger partial charge in [-0.1, -0.05) is 59.5 Å².